The molecule has 0 unspecified atom stereocenters. The van der Waals surface area contributed by atoms with Crippen molar-refractivity contribution in [2.24, 2.45) is 0 Å². The highest BCUT2D eigenvalue weighted by Crippen LogP contribution is 2.28. The van der Waals surface area contributed by atoms with E-state index in [0.717, 1.165) is 12.8 Å². The average Bonchev–Trinajstić information content (AvgIpc) is 2.38. The maximum atomic E-state index is 11.9. The van der Waals surface area contributed by atoms with Crippen molar-refractivity contribution in [2.45, 2.75) is 26.2 Å². The molecule has 0 aliphatic carbocycles. The fraction of sp³-hybridized carbons (Fsp3) is 0.357. The number of ether oxygens (including phenoxy) is 1. The van der Waals surface area contributed by atoms with Gasteiger partial charge in [0.05, 0.1) is 18.2 Å². The SMILES string of the molecule is CCCCc1c(O)c2cc(OC)ccc2[nH]c1=O. The Morgan fingerprint density at radius 2 is 2.17 bits per heavy atom. The van der Waals surface area contributed by atoms with Crippen molar-refractivity contribution < 1.29 is 9.84 Å². The van der Waals surface area contributed by atoms with Gasteiger partial charge < -0.3 is 14.8 Å². The number of fused-ring (bicyclic) bond motifs is 1. The van der Waals surface area contributed by atoms with Crippen LogP contribution in [-0.2, 0) is 6.42 Å². The van der Waals surface area contributed by atoms with Crippen molar-refractivity contribution in [3.63, 3.8) is 0 Å². The molecular weight excluding hydrogens is 230 g/mol. The zero-order valence-corrected chi connectivity index (χ0v) is 10.6. The van der Waals surface area contributed by atoms with Crippen LogP contribution < -0.4 is 10.3 Å². The molecule has 0 bridgehead atoms. The minimum absolute atomic E-state index is 0.0705. The van der Waals surface area contributed by atoms with Gasteiger partial charge in [0, 0.05) is 5.39 Å². The van der Waals surface area contributed by atoms with Gasteiger partial charge in [0.25, 0.3) is 5.56 Å². The molecule has 0 aliphatic rings. The summed E-state index contributed by atoms with van der Waals surface area (Å²) in [7, 11) is 1.57. The fourth-order valence-electron chi connectivity index (χ4n) is 2.01. The number of benzene rings is 1. The van der Waals surface area contributed by atoms with Gasteiger partial charge in [0.15, 0.2) is 0 Å². The molecule has 0 fully saturated rings. The molecule has 2 aromatic rings. The van der Waals surface area contributed by atoms with E-state index < -0.39 is 0 Å². The highest BCUT2D eigenvalue weighted by atomic mass is 16.5. The number of nitrogens with one attached hydrogen (secondary N) is 1. The molecule has 1 heterocycles. The van der Waals surface area contributed by atoms with Gasteiger partial charge in [-0.15, -0.1) is 0 Å². The van der Waals surface area contributed by atoms with Gasteiger partial charge >= 0.3 is 0 Å². The van der Waals surface area contributed by atoms with Crippen molar-refractivity contribution in [3.05, 3.63) is 34.1 Å². The van der Waals surface area contributed by atoms with E-state index in [1.165, 1.54) is 0 Å². The number of hydrogen-bond acceptors (Lipinski definition) is 3. The molecular formula is C14H17NO3. The normalized spacial score (nSPS) is 10.8. The third-order valence-electron chi connectivity index (χ3n) is 3.07. The number of H-pyrrole nitrogens is 1. The number of pyridine rings is 1. The van der Waals surface area contributed by atoms with Gasteiger partial charge in [-0.05, 0) is 31.0 Å². The summed E-state index contributed by atoms with van der Waals surface area (Å²) in [6.07, 6.45) is 2.45. The molecule has 0 radical (unpaired) electrons. The molecule has 0 amide bonds. The summed E-state index contributed by atoms with van der Waals surface area (Å²) in [4.78, 5) is 14.7. The Balaban J connectivity index is 2.62. The van der Waals surface area contributed by atoms with Crippen LogP contribution in [0.2, 0.25) is 0 Å². The Labute approximate surface area is 105 Å². The van der Waals surface area contributed by atoms with E-state index >= 15 is 0 Å². The van der Waals surface area contributed by atoms with Crippen LogP contribution in [0.3, 0.4) is 0 Å². The number of aromatic hydroxyl groups is 1. The van der Waals surface area contributed by atoms with Crippen molar-refractivity contribution in [2.75, 3.05) is 7.11 Å². The number of aromatic amines is 1. The van der Waals surface area contributed by atoms with Crippen molar-refractivity contribution in [1.82, 2.24) is 4.98 Å². The second-order valence-corrected chi connectivity index (χ2v) is 4.30. The summed E-state index contributed by atoms with van der Waals surface area (Å²) in [5, 5.41) is 10.8. The maximum Gasteiger partial charge on any atom is 0.255 e. The lowest BCUT2D eigenvalue weighted by atomic mass is 10.1. The van der Waals surface area contributed by atoms with Crippen LogP contribution in [0.25, 0.3) is 10.9 Å². The molecule has 0 saturated heterocycles. The third-order valence-corrected chi connectivity index (χ3v) is 3.07. The Bertz CT molecular complexity index is 616. The number of unbranched alkanes of at least 4 members (excludes halogenated alkanes) is 1. The molecule has 0 spiro atoms. The predicted octanol–water partition coefficient (Wildman–Crippen LogP) is 2.58. The summed E-state index contributed by atoms with van der Waals surface area (Å²) in [6, 6.07) is 5.22. The van der Waals surface area contributed by atoms with Gasteiger partial charge in [-0.2, -0.15) is 0 Å². The molecule has 2 rings (SSSR count). The van der Waals surface area contributed by atoms with Crippen LogP contribution in [0.5, 0.6) is 11.5 Å². The lowest BCUT2D eigenvalue weighted by Gasteiger charge is -2.08. The first-order chi connectivity index (χ1) is 8.67. The minimum Gasteiger partial charge on any atom is -0.507 e. The molecule has 4 nitrogen and oxygen atoms in total. The molecule has 0 aliphatic heterocycles. The standard InChI is InChI=1S/C14H17NO3/c1-3-4-5-10-13(16)11-8-9(18-2)6-7-12(11)15-14(10)17/h6-8H,3-5H2,1-2H3,(H2,15,16,17). The largest absolute Gasteiger partial charge is 0.507 e. The van der Waals surface area contributed by atoms with Crippen LogP contribution in [0, 0.1) is 0 Å². The number of aromatic nitrogens is 1. The first-order valence-electron chi connectivity index (χ1n) is 6.09. The first-order valence-corrected chi connectivity index (χ1v) is 6.09. The molecule has 96 valence electrons. The number of rotatable bonds is 4. The number of hydrogen-bond donors (Lipinski definition) is 2. The molecule has 1 aromatic carbocycles. The minimum atomic E-state index is -0.210. The number of methoxy groups -OCH3 is 1. The fourth-order valence-corrected chi connectivity index (χ4v) is 2.01. The van der Waals surface area contributed by atoms with Crippen LogP contribution in [0.15, 0.2) is 23.0 Å². The van der Waals surface area contributed by atoms with Gasteiger partial charge in [0.2, 0.25) is 0 Å². The molecule has 0 atom stereocenters. The van der Waals surface area contributed by atoms with Gasteiger partial charge in [-0.1, -0.05) is 13.3 Å². The van der Waals surface area contributed by atoms with Crippen LogP contribution in [-0.4, -0.2) is 17.2 Å². The van der Waals surface area contributed by atoms with Gasteiger partial charge in [0.1, 0.15) is 11.5 Å². The van der Waals surface area contributed by atoms with Crippen molar-refractivity contribution >= 4 is 10.9 Å². The van der Waals surface area contributed by atoms with Crippen LogP contribution in [0.1, 0.15) is 25.3 Å². The lowest BCUT2D eigenvalue weighted by Crippen LogP contribution is -2.12. The van der Waals surface area contributed by atoms with Gasteiger partial charge in [-0.3, -0.25) is 4.79 Å². The molecule has 4 heteroatoms. The molecule has 18 heavy (non-hydrogen) atoms. The molecule has 2 N–H and O–H groups in total. The third kappa shape index (κ3) is 2.18. The zero-order chi connectivity index (χ0) is 13.1. The second kappa shape index (κ2) is 5.12. The summed E-state index contributed by atoms with van der Waals surface area (Å²) in [5.41, 5.74) is 0.870. The lowest BCUT2D eigenvalue weighted by molar-refractivity contribution is 0.415. The topological polar surface area (TPSA) is 62.3 Å². The van der Waals surface area contributed by atoms with Crippen LogP contribution >= 0.6 is 0 Å². The van der Waals surface area contributed by atoms with E-state index in [0.29, 0.717) is 28.6 Å². The van der Waals surface area contributed by atoms with E-state index in [4.69, 9.17) is 4.74 Å². The average molecular weight is 247 g/mol. The Morgan fingerprint density at radius 1 is 1.39 bits per heavy atom. The first kappa shape index (κ1) is 12.5. The highest BCUT2D eigenvalue weighted by molar-refractivity contribution is 5.87. The quantitative estimate of drug-likeness (QED) is 0.872. The van der Waals surface area contributed by atoms with Crippen LogP contribution in [0.4, 0.5) is 0 Å². The maximum absolute atomic E-state index is 11.9. The van der Waals surface area contributed by atoms with Crippen molar-refractivity contribution in [1.29, 1.82) is 0 Å². The second-order valence-electron chi connectivity index (χ2n) is 4.30. The highest BCUT2D eigenvalue weighted by Gasteiger charge is 2.11. The smallest absolute Gasteiger partial charge is 0.255 e. The molecule has 1 aromatic heterocycles. The summed E-state index contributed by atoms with van der Waals surface area (Å²) in [6.45, 7) is 2.05. The van der Waals surface area contributed by atoms with E-state index in [2.05, 4.69) is 11.9 Å². The predicted molar refractivity (Wildman–Crippen MR) is 71.4 cm³/mol. The van der Waals surface area contributed by atoms with E-state index in [9.17, 15) is 9.90 Å². The van der Waals surface area contributed by atoms with E-state index in [1.54, 1.807) is 25.3 Å². The van der Waals surface area contributed by atoms with Gasteiger partial charge in [-0.25, -0.2) is 0 Å². The zero-order valence-electron chi connectivity index (χ0n) is 10.6. The molecule has 0 saturated carbocycles. The summed E-state index contributed by atoms with van der Waals surface area (Å²) >= 11 is 0. The van der Waals surface area contributed by atoms with Crippen molar-refractivity contribution in [3.8, 4) is 11.5 Å². The Morgan fingerprint density at radius 3 is 2.83 bits per heavy atom. The Hall–Kier alpha value is -1.97. The summed E-state index contributed by atoms with van der Waals surface area (Å²) in [5.74, 6) is 0.729. The monoisotopic (exact) mass is 247 g/mol. The van der Waals surface area contributed by atoms with E-state index in [-0.39, 0.29) is 11.3 Å². The van der Waals surface area contributed by atoms with E-state index in [1.807, 2.05) is 0 Å². The summed E-state index contributed by atoms with van der Waals surface area (Å²) < 4.78 is 5.13. The Kier molecular flexibility index (Phi) is 3.55.